The quantitative estimate of drug-likeness (QED) is 0.709. The van der Waals surface area contributed by atoms with Crippen molar-refractivity contribution >= 4 is 11.8 Å². The minimum Gasteiger partial charge on any atom is -0.313 e. The lowest BCUT2D eigenvalue weighted by Crippen LogP contribution is -2.31. The zero-order valence-corrected chi connectivity index (χ0v) is 10.5. The van der Waals surface area contributed by atoms with E-state index in [2.05, 4.69) is 49.5 Å². The smallest absolute Gasteiger partial charge is 0.0159 e. The topological polar surface area (TPSA) is 12.0 Å². The second kappa shape index (κ2) is 7.77. The van der Waals surface area contributed by atoms with E-state index in [9.17, 15) is 0 Å². The Kier molecular flexibility index (Phi) is 6.53. The molecule has 0 saturated heterocycles. The predicted molar refractivity (Wildman–Crippen MR) is 69.5 cm³/mol. The molecule has 1 atom stereocenters. The maximum Gasteiger partial charge on any atom is 0.0159 e. The number of rotatable bonds is 7. The van der Waals surface area contributed by atoms with Crippen molar-refractivity contribution in [2.75, 3.05) is 12.3 Å². The fraction of sp³-hybridized carbons (Fsp3) is 0.538. The highest BCUT2D eigenvalue weighted by Gasteiger charge is 2.04. The first-order chi connectivity index (χ1) is 7.36. The summed E-state index contributed by atoms with van der Waals surface area (Å²) < 4.78 is 0. The summed E-state index contributed by atoms with van der Waals surface area (Å²) in [5.74, 6) is 1.17. The van der Waals surface area contributed by atoms with Crippen LogP contribution in [0.4, 0.5) is 0 Å². The highest BCUT2D eigenvalue weighted by molar-refractivity contribution is 7.99. The molecule has 1 aromatic rings. The van der Waals surface area contributed by atoms with Crippen LogP contribution in [0.25, 0.3) is 0 Å². The molecule has 0 aliphatic rings. The summed E-state index contributed by atoms with van der Waals surface area (Å²) in [4.78, 5) is 1.37. The standard InChI is InChI=1S/C13H21NS/c1-3-10-14-12(4-2)11-15-13-8-6-5-7-9-13/h5-9,12,14H,3-4,10-11H2,1-2H3. The number of hydrogen-bond donors (Lipinski definition) is 1. The molecule has 0 saturated carbocycles. The van der Waals surface area contributed by atoms with Crippen molar-refractivity contribution in [3.8, 4) is 0 Å². The van der Waals surface area contributed by atoms with Crippen LogP contribution in [0.15, 0.2) is 35.2 Å². The average Bonchev–Trinajstić information content (AvgIpc) is 2.31. The van der Waals surface area contributed by atoms with Gasteiger partial charge in [-0.05, 0) is 31.5 Å². The molecule has 0 bridgehead atoms. The SMILES string of the molecule is CCCNC(CC)CSc1ccccc1. The van der Waals surface area contributed by atoms with Crippen LogP contribution in [-0.2, 0) is 0 Å². The van der Waals surface area contributed by atoms with Crippen LogP contribution in [-0.4, -0.2) is 18.3 Å². The first-order valence-electron chi connectivity index (χ1n) is 5.78. The summed E-state index contributed by atoms with van der Waals surface area (Å²) in [5, 5.41) is 3.57. The van der Waals surface area contributed by atoms with Gasteiger partial charge >= 0.3 is 0 Å². The molecule has 0 heterocycles. The molecular weight excluding hydrogens is 202 g/mol. The van der Waals surface area contributed by atoms with E-state index in [4.69, 9.17) is 0 Å². The van der Waals surface area contributed by atoms with Gasteiger partial charge in [-0.3, -0.25) is 0 Å². The third-order valence-electron chi connectivity index (χ3n) is 2.37. The Balaban J connectivity index is 2.28. The molecule has 84 valence electrons. The van der Waals surface area contributed by atoms with Crippen molar-refractivity contribution in [3.63, 3.8) is 0 Å². The van der Waals surface area contributed by atoms with Gasteiger partial charge in [0.15, 0.2) is 0 Å². The molecular formula is C13H21NS. The molecule has 1 aromatic carbocycles. The second-order valence-corrected chi connectivity index (χ2v) is 4.78. The van der Waals surface area contributed by atoms with E-state index in [0.717, 1.165) is 6.54 Å². The Morgan fingerprint density at radius 1 is 1.20 bits per heavy atom. The molecule has 0 aliphatic heterocycles. The van der Waals surface area contributed by atoms with E-state index in [1.54, 1.807) is 0 Å². The van der Waals surface area contributed by atoms with E-state index in [0.29, 0.717) is 6.04 Å². The summed E-state index contributed by atoms with van der Waals surface area (Å²) in [6.07, 6.45) is 2.42. The first kappa shape index (κ1) is 12.6. The normalized spacial score (nSPS) is 12.7. The second-order valence-electron chi connectivity index (χ2n) is 3.68. The van der Waals surface area contributed by atoms with Gasteiger partial charge in [0.1, 0.15) is 0 Å². The predicted octanol–water partition coefficient (Wildman–Crippen LogP) is 3.56. The van der Waals surface area contributed by atoms with E-state index < -0.39 is 0 Å². The van der Waals surface area contributed by atoms with Gasteiger partial charge in [0.2, 0.25) is 0 Å². The van der Waals surface area contributed by atoms with Gasteiger partial charge in [-0.2, -0.15) is 0 Å². The molecule has 1 N–H and O–H groups in total. The van der Waals surface area contributed by atoms with Crippen molar-refractivity contribution < 1.29 is 0 Å². The molecule has 1 nitrogen and oxygen atoms in total. The van der Waals surface area contributed by atoms with E-state index in [1.165, 1.54) is 23.5 Å². The molecule has 15 heavy (non-hydrogen) atoms. The summed E-state index contributed by atoms with van der Waals surface area (Å²) >= 11 is 1.94. The third-order valence-corrected chi connectivity index (χ3v) is 3.54. The fourth-order valence-electron chi connectivity index (χ4n) is 1.38. The lowest BCUT2D eigenvalue weighted by Gasteiger charge is -2.15. The molecule has 1 rings (SSSR count). The Morgan fingerprint density at radius 2 is 1.93 bits per heavy atom. The van der Waals surface area contributed by atoms with Crippen LogP contribution in [0.1, 0.15) is 26.7 Å². The van der Waals surface area contributed by atoms with Crippen LogP contribution in [0, 0.1) is 0 Å². The van der Waals surface area contributed by atoms with Crippen LogP contribution in [0.3, 0.4) is 0 Å². The Bertz CT molecular complexity index is 248. The molecule has 2 heteroatoms. The maximum absolute atomic E-state index is 3.57. The monoisotopic (exact) mass is 223 g/mol. The number of hydrogen-bond acceptors (Lipinski definition) is 2. The minimum atomic E-state index is 0.648. The lowest BCUT2D eigenvalue weighted by atomic mass is 10.2. The molecule has 0 aliphatic carbocycles. The van der Waals surface area contributed by atoms with Gasteiger partial charge in [-0.15, -0.1) is 11.8 Å². The highest BCUT2D eigenvalue weighted by Crippen LogP contribution is 2.18. The zero-order valence-electron chi connectivity index (χ0n) is 9.70. The van der Waals surface area contributed by atoms with Crippen molar-refractivity contribution in [2.45, 2.75) is 37.6 Å². The van der Waals surface area contributed by atoms with Crippen LogP contribution in [0.5, 0.6) is 0 Å². The van der Waals surface area contributed by atoms with Gasteiger partial charge in [-0.1, -0.05) is 32.0 Å². The van der Waals surface area contributed by atoms with E-state index >= 15 is 0 Å². The van der Waals surface area contributed by atoms with Crippen molar-refractivity contribution in [2.24, 2.45) is 0 Å². The Hall–Kier alpha value is -0.470. The molecule has 0 radical (unpaired) electrons. The molecule has 0 spiro atoms. The lowest BCUT2D eigenvalue weighted by molar-refractivity contribution is 0.539. The minimum absolute atomic E-state index is 0.648. The van der Waals surface area contributed by atoms with E-state index in [-0.39, 0.29) is 0 Å². The van der Waals surface area contributed by atoms with Gasteiger partial charge in [0.05, 0.1) is 0 Å². The highest BCUT2D eigenvalue weighted by atomic mass is 32.2. The van der Waals surface area contributed by atoms with Gasteiger partial charge in [0, 0.05) is 16.7 Å². The van der Waals surface area contributed by atoms with Crippen molar-refractivity contribution in [1.82, 2.24) is 5.32 Å². The molecule has 0 amide bonds. The van der Waals surface area contributed by atoms with Crippen molar-refractivity contribution in [1.29, 1.82) is 0 Å². The van der Waals surface area contributed by atoms with Crippen LogP contribution in [0.2, 0.25) is 0 Å². The van der Waals surface area contributed by atoms with Gasteiger partial charge in [-0.25, -0.2) is 0 Å². The van der Waals surface area contributed by atoms with Gasteiger partial charge < -0.3 is 5.32 Å². The Morgan fingerprint density at radius 3 is 2.53 bits per heavy atom. The number of thioether (sulfide) groups is 1. The van der Waals surface area contributed by atoms with E-state index in [1.807, 2.05) is 11.8 Å². The fourth-order valence-corrected chi connectivity index (χ4v) is 2.48. The largest absolute Gasteiger partial charge is 0.313 e. The number of nitrogens with one attached hydrogen (secondary N) is 1. The Labute approximate surface area is 97.7 Å². The molecule has 0 aromatic heterocycles. The molecule has 0 fully saturated rings. The van der Waals surface area contributed by atoms with Crippen molar-refractivity contribution in [3.05, 3.63) is 30.3 Å². The summed E-state index contributed by atoms with van der Waals surface area (Å²) in [7, 11) is 0. The third kappa shape index (κ3) is 5.24. The summed E-state index contributed by atoms with van der Waals surface area (Å²) in [6.45, 7) is 5.59. The number of benzene rings is 1. The van der Waals surface area contributed by atoms with Crippen LogP contribution < -0.4 is 5.32 Å². The van der Waals surface area contributed by atoms with Gasteiger partial charge in [0.25, 0.3) is 0 Å². The summed E-state index contributed by atoms with van der Waals surface area (Å²) in [6, 6.07) is 11.3. The van der Waals surface area contributed by atoms with Crippen LogP contribution >= 0.6 is 11.8 Å². The zero-order chi connectivity index (χ0) is 10.9. The molecule has 1 unspecified atom stereocenters. The first-order valence-corrected chi connectivity index (χ1v) is 6.76. The summed E-state index contributed by atoms with van der Waals surface area (Å²) in [5.41, 5.74) is 0. The maximum atomic E-state index is 3.57. The average molecular weight is 223 g/mol.